The van der Waals surface area contributed by atoms with E-state index in [2.05, 4.69) is 6.07 Å². The third-order valence-corrected chi connectivity index (χ3v) is 3.20. The maximum atomic E-state index is 6.33. The topological polar surface area (TPSA) is 44.5 Å². The van der Waals surface area contributed by atoms with E-state index in [0.29, 0.717) is 0 Å². The Morgan fingerprint density at radius 2 is 1.63 bits per heavy atom. The van der Waals surface area contributed by atoms with Gasteiger partial charge in [-0.05, 0) is 30.7 Å². The minimum absolute atomic E-state index is 0.208. The van der Waals surface area contributed by atoms with Crippen molar-refractivity contribution < 1.29 is 9.47 Å². The van der Waals surface area contributed by atoms with E-state index in [1.807, 2.05) is 43.3 Å². The van der Waals surface area contributed by atoms with Gasteiger partial charge in [0.05, 0.1) is 20.3 Å². The molecule has 19 heavy (non-hydrogen) atoms. The number of aryl methyl sites for hydroxylation is 1. The van der Waals surface area contributed by atoms with Gasteiger partial charge in [0.15, 0.2) is 0 Å². The smallest absolute Gasteiger partial charge is 0.123 e. The van der Waals surface area contributed by atoms with Gasteiger partial charge in [-0.25, -0.2) is 0 Å². The van der Waals surface area contributed by atoms with Crippen LogP contribution in [0.15, 0.2) is 42.5 Å². The summed E-state index contributed by atoms with van der Waals surface area (Å²) in [6, 6.07) is 13.6. The molecule has 0 aromatic heterocycles. The molecule has 0 fully saturated rings. The Bertz CT molecular complexity index is 549. The number of benzene rings is 2. The maximum Gasteiger partial charge on any atom is 0.123 e. The van der Waals surface area contributed by atoms with Gasteiger partial charge in [-0.1, -0.05) is 29.8 Å². The van der Waals surface area contributed by atoms with E-state index in [-0.39, 0.29) is 6.04 Å². The molecule has 0 aliphatic carbocycles. The third kappa shape index (κ3) is 2.88. The van der Waals surface area contributed by atoms with Crippen molar-refractivity contribution in [3.05, 3.63) is 59.2 Å². The number of hydrogen-bond donors (Lipinski definition) is 1. The first-order chi connectivity index (χ1) is 9.15. The van der Waals surface area contributed by atoms with Crippen molar-refractivity contribution >= 4 is 0 Å². The molecule has 100 valence electrons. The van der Waals surface area contributed by atoms with Gasteiger partial charge in [-0.3, -0.25) is 0 Å². The lowest BCUT2D eigenvalue weighted by atomic mass is 9.97. The quantitative estimate of drug-likeness (QED) is 0.915. The van der Waals surface area contributed by atoms with E-state index in [9.17, 15) is 0 Å². The SMILES string of the molecule is COc1ccc(C(N)c2cc(C)ccc2OC)cc1. The second-order valence-corrected chi connectivity index (χ2v) is 4.50. The highest BCUT2D eigenvalue weighted by atomic mass is 16.5. The maximum absolute atomic E-state index is 6.33. The van der Waals surface area contributed by atoms with Crippen LogP contribution in [0.25, 0.3) is 0 Å². The summed E-state index contributed by atoms with van der Waals surface area (Å²) in [7, 11) is 3.31. The Balaban J connectivity index is 2.36. The van der Waals surface area contributed by atoms with Gasteiger partial charge in [0.25, 0.3) is 0 Å². The van der Waals surface area contributed by atoms with Crippen LogP contribution in [-0.4, -0.2) is 14.2 Å². The standard InChI is InChI=1S/C16H19NO2/c1-11-4-9-15(19-3)14(10-11)16(17)12-5-7-13(18-2)8-6-12/h4-10,16H,17H2,1-3H3. The van der Waals surface area contributed by atoms with Crippen molar-refractivity contribution in [2.75, 3.05) is 14.2 Å². The van der Waals surface area contributed by atoms with Gasteiger partial charge < -0.3 is 15.2 Å². The fourth-order valence-corrected chi connectivity index (χ4v) is 2.09. The fourth-order valence-electron chi connectivity index (χ4n) is 2.09. The molecule has 2 aromatic carbocycles. The molecule has 0 saturated heterocycles. The summed E-state index contributed by atoms with van der Waals surface area (Å²) < 4.78 is 10.5. The van der Waals surface area contributed by atoms with Crippen LogP contribution >= 0.6 is 0 Å². The zero-order chi connectivity index (χ0) is 13.8. The molecule has 2 N–H and O–H groups in total. The molecular weight excluding hydrogens is 238 g/mol. The number of ether oxygens (including phenoxy) is 2. The highest BCUT2D eigenvalue weighted by molar-refractivity contribution is 5.44. The van der Waals surface area contributed by atoms with Crippen molar-refractivity contribution in [1.82, 2.24) is 0 Å². The van der Waals surface area contributed by atoms with E-state index in [1.54, 1.807) is 14.2 Å². The number of hydrogen-bond acceptors (Lipinski definition) is 3. The molecule has 1 unspecified atom stereocenters. The summed E-state index contributed by atoms with van der Waals surface area (Å²) in [5, 5.41) is 0. The van der Waals surface area contributed by atoms with Crippen molar-refractivity contribution in [1.29, 1.82) is 0 Å². The predicted molar refractivity (Wildman–Crippen MR) is 76.8 cm³/mol. The monoisotopic (exact) mass is 257 g/mol. The van der Waals surface area contributed by atoms with E-state index < -0.39 is 0 Å². The lowest BCUT2D eigenvalue weighted by Gasteiger charge is -2.17. The normalized spacial score (nSPS) is 12.0. The molecule has 0 bridgehead atoms. The molecule has 0 radical (unpaired) electrons. The average molecular weight is 257 g/mol. The van der Waals surface area contributed by atoms with E-state index in [4.69, 9.17) is 15.2 Å². The largest absolute Gasteiger partial charge is 0.497 e. The van der Waals surface area contributed by atoms with Crippen LogP contribution < -0.4 is 15.2 Å². The van der Waals surface area contributed by atoms with E-state index in [0.717, 1.165) is 22.6 Å². The van der Waals surface area contributed by atoms with Crippen LogP contribution in [0.2, 0.25) is 0 Å². The molecule has 0 spiro atoms. The fraction of sp³-hybridized carbons (Fsp3) is 0.250. The van der Waals surface area contributed by atoms with Gasteiger partial charge in [-0.15, -0.1) is 0 Å². The highest BCUT2D eigenvalue weighted by Crippen LogP contribution is 2.29. The molecule has 3 nitrogen and oxygen atoms in total. The molecule has 0 aliphatic heterocycles. The van der Waals surface area contributed by atoms with Crippen molar-refractivity contribution in [3.8, 4) is 11.5 Å². The molecule has 0 heterocycles. The Morgan fingerprint density at radius 3 is 2.21 bits per heavy atom. The zero-order valence-electron chi connectivity index (χ0n) is 11.5. The van der Waals surface area contributed by atoms with Gasteiger partial charge in [0.1, 0.15) is 11.5 Å². The summed E-state index contributed by atoms with van der Waals surface area (Å²) >= 11 is 0. The van der Waals surface area contributed by atoms with E-state index >= 15 is 0 Å². The Kier molecular flexibility index (Phi) is 4.07. The lowest BCUT2D eigenvalue weighted by molar-refractivity contribution is 0.407. The Labute approximate surface area is 114 Å². The minimum Gasteiger partial charge on any atom is -0.497 e. The summed E-state index contributed by atoms with van der Waals surface area (Å²) in [6.07, 6.45) is 0. The number of rotatable bonds is 4. The van der Waals surface area contributed by atoms with Crippen LogP contribution in [-0.2, 0) is 0 Å². The van der Waals surface area contributed by atoms with Crippen LogP contribution in [0.3, 0.4) is 0 Å². The molecular formula is C16H19NO2. The molecule has 2 aromatic rings. The molecule has 1 atom stereocenters. The van der Waals surface area contributed by atoms with Gasteiger partial charge in [0.2, 0.25) is 0 Å². The van der Waals surface area contributed by atoms with Crippen molar-refractivity contribution in [2.24, 2.45) is 5.73 Å². The third-order valence-electron chi connectivity index (χ3n) is 3.20. The molecule has 0 amide bonds. The van der Waals surface area contributed by atoms with Crippen molar-refractivity contribution in [3.63, 3.8) is 0 Å². The van der Waals surface area contributed by atoms with Gasteiger partial charge in [0, 0.05) is 5.56 Å². The molecule has 0 aliphatic rings. The molecule has 0 saturated carbocycles. The zero-order valence-corrected chi connectivity index (χ0v) is 11.5. The van der Waals surface area contributed by atoms with Crippen LogP contribution in [0, 0.1) is 6.92 Å². The highest BCUT2D eigenvalue weighted by Gasteiger charge is 2.14. The summed E-state index contributed by atoms with van der Waals surface area (Å²) in [4.78, 5) is 0. The molecule has 2 rings (SSSR count). The van der Waals surface area contributed by atoms with Crippen LogP contribution in [0.1, 0.15) is 22.7 Å². The summed E-state index contributed by atoms with van der Waals surface area (Å²) in [6.45, 7) is 2.05. The van der Waals surface area contributed by atoms with Crippen LogP contribution in [0.5, 0.6) is 11.5 Å². The minimum atomic E-state index is -0.208. The first-order valence-electron chi connectivity index (χ1n) is 6.19. The van der Waals surface area contributed by atoms with E-state index in [1.165, 1.54) is 5.56 Å². The van der Waals surface area contributed by atoms with Crippen LogP contribution in [0.4, 0.5) is 0 Å². The lowest BCUT2D eigenvalue weighted by Crippen LogP contribution is -2.13. The van der Waals surface area contributed by atoms with Gasteiger partial charge in [-0.2, -0.15) is 0 Å². The Morgan fingerprint density at radius 1 is 0.947 bits per heavy atom. The Hall–Kier alpha value is -2.00. The summed E-state index contributed by atoms with van der Waals surface area (Å²) in [5.74, 6) is 1.64. The van der Waals surface area contributed by atoms with Gasteiger partial charge >= 0.3 is 0 Å². The first kappa shape index (κ1) is 13.4. The summed E-state index contributed by atoms with van der Waals surface area (Å²) in [5.41, 5.74) is 9.52. The average Bonchev–Trinajstić information content (AvgIpc) is 2.46. The number of methoxy groups -OCH3 is 2. The first-order valence-corrected chi connectivity index (χ1v) is 6.19. The molecule has 3 heteroatoms. The second kappa shape index (κ2) is 5.76. The predicted octanol–water partition coefficient (Wildman–Crippen LogP) is 3.06. The van der Waals surface area contributed by atoms with Crippen molar-refractivity contribution in [2.45, 2.75) is 13.0 Å². The second-order valence-electron chi connectivity index (χ2n) is 4.50. The number of nitrogens with two attached hydrogens (primary N) is 1.